The highest BCUT2D eigenvalue weighted by atomic mass is 19.2. The molecule has 1 N–H and O–H groups in total. The number of nitrogens with zero attached hydrogens (tertiary/aromatic N) is 1. The van der Waals surface area contributed by atoms with Gasteiger partial charge in [0, 0.05) is 0 Å². The van der Waals surface area contributed by atoms with Crippen LogP contribution < -0.4 is 5.32 Å². The predicted molar refractivity (Wildman–Crippen MR) is 66.1 cm³/mol. The molecular weight excluding hydrogens is 253 g/mol. The fourth-order valence-corrected chi connectivity index (χ4v) is 1.85. The van der Waals surface area contributed by atoms with Crippen molar-refractivity contribution in [1.29, 1.82) is 0 Å². The number of aromatic nitrogens is 1. The number of hydrogen-bond acceptors (Lipinski definition) is 2. The molecule has 0 bridgehead atoms. The van der Waals surface area contributed by atoms with Crippen LogP contribution in [-0.2, 0) is 0 Å². The third-order valence-corrected chi connectivity index (χ3v) is 2.73. The Bertz CT molecular complexity index is 555. The van der Waals surface area contributed by atoms with E-state index < -0.39 is 23.5 Å². The molecule has 2 rings (SSSR count). The standard InChI is InChI=1S/C14H13F3N2/c1-2-18-14(13-6-4-10(15)8-19-13)9-3-5-11(16)12(17)7-9/h3-8,14,18H,2H2,1H3. The largest absolute Gasteiger partial charge is 0.305 e. The highest BCUT2D eigenvalue weighted by Crippen LogP contribution is 2.22. The van der Waals surface area contributed by atoms with Crippen molar-refractivity contribution in [3.05, 3.63) is 65.2 Å². The summed E-state index contributed by atoms with van der Waals surface area (Å²) in [7, 11) is 0. The zero-order valence-electron chi connectivity index (χ0n) is 10.3. The van der Waals surface area contributed by atoms with Crippen molar-refractivity contribution in [3.63, 3.8) is 0 Å². The van der Waals surface area contributed by atoms with E-state index in [1.165, 1.54) is 18.2 Å². The van der Waals surface area contributed by atoms with Crippen LogP contribution in [0.1, 0.15) is 24.2 Å². The molecule has 0 saturated heterocycles. The Kier molecular flexibility index (Phi) is 4.16. The van der Waals surface area contributed by atoms with Gasteiger partial charge in [0.05, 0.1) is 17.9 Å². The van der Waals surface area contributed by atoms with Crippen molar-refractivity contribution in [2.75, 3.05) is 6.54 Å². The van der Waals surface area contributed by atoms with Crippen molar-refractivity contribution in [2.45, 2.75) is 13.0 Å². The number of rotatable bonds is 4. The average Bonchev–Trinajstić information content (AvgIpc) is 2.41. The van der Waals surface area contributed by atoms with Crippen LogP contribution in [0.2, 0.25) is 0 Å². The van der Waals surface area contributed by atoms with Gasteiger partial charge >= 0.3 is 0 Å². The Labute approximate surface area is 109 Å². The highest BCUT2D eigenvalue weighted by molar-refractivity contribution is 5.28. The maximum absolute atomic E-state index is 13.3. The number of hydrogen-bond donors (Lipinski definition) is 1. The number of halogens is 3. The van der Waals surface area contributed by atoms with Crippen molar-refractivity contribution in [3.8, 4) is 0 Å². The molecule has 5 heteroatoms. The van der Waals surface area contributed by atoms with Gasteiger partial charge in [0.25, 0.3) is 0 Å². The maximum atomic E-state index is 13.3. The van der Waals surface area contributed by atoms with Crippen molar-refractivity contribution < 1.29 is 13.2 Å². The van der Waals surface area contributed by atoms with Gasteiger partial charge in [0.15, 0.2) is 11.6 Å². The quantitative estimate of drug-likeness (QED) is 0.919. The first kappa shape index (κ1) is 13.5. The molecule has 0 amide bonds. The molecule has 100 valence electrons. The van der Waals surface area contributed by atoms with Crippen LogP contribution in [0.15, 0.2) is 36.5 Å². The summed E-state index contributed by atoms with van der Waals surface area (Å²) >= 11 is 0. The molecule has 2 nitrogen and oxygen atoms in total. The smallest absolute Gasteiger partial charge is 0.159 e. The lowest BCUT2D eigenvalue weighted by atomic mass is 10.0. The second-order valence-corrected chi connectivity index (χ2v) is 4.07. The van der Waals surface area contributed by atoms with E-state index in [0.29, 0.717) is 17.8 Å². The molecule has 1 unspecified atom stereocenters. The second-order valence-electron chi connectivity index (χ2n) is 4.07. The molecule has 0 aliphatic rings. The molecule has 1 heterocycles. The molecule has 0 spiro atoms. The van der Waals surface area contributed by atoms with Gasteiger partial charge in [-0.2, -0.15) is 0 Å². The van der Waals surface area contributed by atoms with Gasteiger partial charge < -0.3 is 5.32 Å². The van der Waals surface area contributed by atoms with E-state index in [0.717, 1.165) is 18.3 Å². The summed E-state index contributed by atoms with van der Waals surface area (Å²) in [6.07, 6.45) is 1.10. The molecule has 0 saturated carbocycles. The summed E-state index contributed by atoms with van der Waals surface area (Å²) < 4.78 is 39.1. The first-order chi connectivity index (χ1) is 9.11. The second kappa shape index (κ2) is 5.84. The molecule has 1 aromatic carbocycles. The topological polar surface area (TPSA) is 24.9 Å². The molecule has 0 radical (unpaired) electrons. The molecule has 19 heavy (non-hydrogen) atoms. The fraction of sp³-hybridized carbons (Fsp3) is 0.214. The van der Waals surface area contributed by atoms with Crippen LogP contribution in [0.25, 0.3) is 0 Å². The van der Waals surface area contributed by atoms with Gasteiger partial charge in [-0.25, -0.2) is 13.2 Å². The lowest BCUT2D eigenvalue weighted by Gasteiger charge is -2.18. The van der Waals surface area contributed by atoms with E-state index in [-0.39, 0.29) is 0 Å². The Morgan fingerprint density at radius 1 is 1.11 bits per heavy atom. The van der Waals surface area contributed by atoms with Gasteiger partial charge in [0.1, 0.15) is 5.82 Å². The van der Waals surface area contributed by atoms with Gasteiger partial charge in [-0.3, -0.25) is 4.98 Å². The highest BCUT2D eigenvalue weighted by Gasteiger charge is 2.16. The minimum absolute atomic E-state index is 0.402. The van der Waals surface area contributed by atoms with Gasteiger partial charge in [-0.05, 0) is 36.4 Å². The fourth-order valence-electron chi connectivity index (χ4n) is 1.85. The van der Waals surface area contributed by atoms with Gasteiger partial charge in [-0.15, -0.1) is 0 Å². The summed E-state index contributed by atoms with van der Waals surface area (Å²) in [6, 6.07) is 6.07. The van der Waals surface area contributed by atoms with Crippen molar-refractivity contribution in [1.82, 2.24) is 10.3 Å². The summed E-state index contributed by atoms with van der Waals surface area (Å²) in [5, 5.41) is 3.11. The SMILES string of the molecule is CCNC(c1ccc(F)c(F)c1)c1ccc(F)cn1. The van der Waals surface area contributed by atoms with Crippen LogP contribution >= 0.6 is 0 Å². The minimum Gasteiger partial charge on any atom is -0.305 e. The average molecular weight is 266 g/mol. The first-order valence-electron chi connectivity index (χ1n) is 5.91. The van der Waals surface area contributed by atoms with E-state index in [4.69, 9.17) is 0 Å². The monoisotopic (exact) mass is 266 g/mol. The summed E-state index contributed by atoms with van der Waals surface area (Å²) in [5.74, 6) is -2.25. The Hall–Kier alpha value is -1.88. The van der Waals surface area contributed by atoms with Crippen LogP contribution in [-0.4, -0.2) is 11.5 Å². The van der Waals surface area contributed by atoms with Crippen LogP contribution in [0.3, 0.4) is 0 Å². The molecular formula is C14H13F3N2. The van der Waals surface area contributed by atoms with Gasteiger partial charge in [-0.1, -0.05) is 13.0 Å². The Morgan fingerprint density at radius 2 is 1.89 bits per heavy atom. The molecule has 0 aliphatic heterocycles. The third-order valence-electron chi connectivity index (χ3n) is 2.73. The van der Waals surface area contributed by atoms with Crippen LogP contribution in [0.4, 0.5) is 13.2 Å². The Morgan fingerprint density at radius 3 is 2.47 bits per heavy atom. The number of pyridine rings is 1. The number of nitrogens with one attached hydrogen (secondary N) is 1. The lowest BCUT2D eigenvalue weighted by molar-refractivity contribution is 0.503. The van der Waals surface area contributed by atoms with Crippen LogP contribution in [0.5, 0.6) is 0 Å². The normalized spacial score (nSPS) is 12.4. The van der Waals surface area contributed by atoms with E-state index in [1.54, 1.807) is 0 Å². The zero-order chi connectivity index (χ0) is 13.8. The van der Waals surface area contributed by atoms with Crippen molar-refractivity contribution >= 4 is 0 Å². The predicted octanol–water partition coefficient (Wildman–Crippen LogP) is 3.20. The van der Waals surface area contributed by atoms with E-state index in [1.807, 2.05) is 6.92 Å². The van der Waals surface area contributed by atoms with Gasteiger partial charge in [0.2, 0.25) is 0 Å². The minimum atomic E-state index is -0.914. The molecule has 0 fully saturated rings. The molecule has 0 aliphatic carbocycles. The summed E-state index contributed by atoms with van der Waals surface area (Å²) in [5.41, 5.74) is 1.09. The Balaban J connectivity index is 2.38. The number of benzene rings is 1. The van der Waals surface area contributed by atoms with E-state index in [2.05, 4.69) is 10.3 Å². The van der Waals surface area contributed by atoms with Crippen LogP contribution in [0, 0.1) is 17.5 Å². The zero-order valence-corrected chi connectivity index (χ0v) is 10.3. The lowest BCUT2D eigenvalue weighted by Crippen LogP contribution is -2.23. The van der Waals surface area contributed by atoms with Crippen molar-refractivity contribution in [2.24, 2.45) is 0 Å². The van der Waals surface area contributed by atoms with E-state index >= 15 is 0 Å². The third kappa shape index (κ3) is 3.12. The maximum Gasteiger partial charge on any atom is 0.159 e. The molecule has 1 aromatic heterocycles. The summed E-state index contributed by atoms with van der Waals surface area (Å²) in [6.45, 7) is 2.50. The van der Waals surface area contributed by atoms with E-state index in [9.17, 15) is 13.2 Å². The first-order valence-corrected chi connectivity index (χ1v) is 5.91. The molecule has 1 atom stereocenters. The summed E-state index contributed by atoms with van der Waals surface area (Å²) in [4.78, 5) is 3.97. The molecule has 2 aromatic rings.